The first kappa shape index (κ1) is 11.1. The molecule has 1 atom stereocenters. The molecule has 17 heavy (non-hydrogen) atoms. The van der Waals surface area contributed by atoms with E-state index in [-0.39, 0.29) is 29.9 Å². The molecule has 0 amide bonds. The smallest absolute Gasteiger partial charge is 0.160 e. The minimum atomic E-state index is -2.61. The Kier molecular flexibility index (Phi) is 4.83. The fourth-order valence-corrected chi connectivity index (χ4v) is 1.29. The molecule has 0 aliphatic rings. The van der Waals surface area contributed by atoms with E-state index in [9.17, 15) is 10.2 Å². The Bertz CT molecular complexity index is 427. The van der Waals surface area contributed by atoms with Gasteiger partial charge in [0.1, 0.15) is 0 Å². The molecule has 0 heterocycles. The van der Waals surface area contributed by atoms with Gasteiger partial charge < -0.3 is 20.3 Å². The van der Waals surface area contributed by atoms with Gasteiger partial charge in [-0.1, -0.05) is 19.9 Å². The number of phenols is 1. The van der Waals surface area contributed by atoms with Crippen molar-refractivity contribution >= 4 is 12.4 Å². The average molecular weight is 265 g/mol. The number of nitrogens with one attached hydrogen (secondary N) is 1. The lowest BCUT2D eigenvalue weighted by molar-refractivity contribution is 0.171. The van der Waals surface area contributed by atoms with Crippen LogP contribution >= 0.6 is 12.4 Å². The standard InChI is InChI=1S/C12H19NO3.ClH/c1-8(2)13-7-11(15)9-4-5-12(16-3)10(14)6-9;/h4-6,8,11,13-15H,7H2,1-3H3;1H/i3D3;. The molecular weight excluding hydrogens is 242 g/mol. The summed E-state index contributed by atoms with van der Waals surface area (Å²) in [5.41, 5.74) is 0.489. The highest BCUT2D eigenvalue weighted by Crippen LogP contribution is 2.28. The summed E-state index contributed by atoms with van der Waals surface area (Å²) < 4.78 is 25.5. The minimum absolute atomic E-state index is 0. The van der Waals surface area contributed by atoms with E-state index < -0.39 is 13.1 Å². The topological polar surface area (TPSA) is 61.7 Å². The zero-order chi connectivity index (χ0) is 14.6. The van der Waals surface area contributed by atoms with Crippen LogP contribution in [0.25, 0.3) is 0 Å². The molecule has 1 aromatic rings. The van der Waals surface area contributed by atoms with Crippen molar-refractivity contribution in [2.24, 2.45) is 0 Å². The largest absolute Gasteiger partial charge is 0.504 e. The van der Waals surface area contributed by atoms with Crippen LogP contribution in [-0.4, -0.2) is 29.8 Å². The second-order valence-electron chi connectivity index (χ2n) is 3.91. The van der Waals surface area contributed by atoms with Crippen molar-refractivity contribution in [1.29, 1.82) is 0 Å². The van der Waals surface area contributed by atoms with Crippen molar-refractivity contribution in [3.8, 4) is 11.5 Å². The van der Waals surface area contributed by atoms with Gasteiger partial charge in [-0.25, -0.2) is 0 Å². The summed E-state index contributed by atoms with van der Waals surface area (Å²) in [6.45, 7) is 4.26. The number of hydrogen-bond donors (Lipinski definition) is 3. The Morgan fingerprint density at radius 2 is 2.18 bits per heavy atom. The average Bonchev–Trinajstić information content (AvgIpc) is 2.27. The Morgan fingerprint density at radius 1 is 1.47 bits per heavy atom. The number of methoxy groups -OCH3 is 1. The normalized spacial score (nSPS) is 15.4. The Morgan fingerprint density at radius 3 is 2.71 bits per heavy atom. The number of phenolic OH excluding ortho intramolecular Hbond substituents is 1. The van der Waals surface area contributed by atoms with E-state index in [0.717, 1.165) is 0 Å². The van der Waals surface area contributed by atoms with Crippen LogP contribution in [0.2, 0.25) is 0 Å². The molecule has 0 spiro atoms. The number of aliphatic hydroxyl groups is 1. The quantitative estimate of drug-likeness (QED) is 0.760. The van der Waals surface area contributed by atoms with Gasteiger partial charge in [0.05, 0.1) is 17.3 Å². The van der Waals surface area contributed by atoms with Crippen LogP contribution in [0.15, 0.2) is 18.2 Å². The first-order chi connectivity index (χ1) is 8.69. The third kappa shape index (κ3) is 4.81. The molecule has 1 aromatic carbocycles. The number of aliphatic hydroxyl groups excluding tert-OH is 1. The highest BCUT2D eigenvalue weighted by molar-refractivity contribution is 5.85. The van der Waals surface area contributed by atoms with E-state index in [4.69, 9.17) is 4.11 Å². The fourth-order valence-electron chi connectivity index (χ4n) is 1.29. The van der Waals surface area contributed by atoms with Crippen LogP contribution in [0.3, 0.4) is 0 Å². The van der Waals surface area contributed by atoms with Crippen molar-refractivity contribution in [3.63, 3.8) is 0 Å². The Labute approximate surface area is 112 Å². The summed E-state index contributed by atoms with van der Waals surface area (Å²) in [5, 5.41) is 22.6. The van der Waals surface area contributed by atoms with Crippen molar-refractivity contribution in [2.45, 2.75) is 26.0 Å². The van der Waals surface area contributed by atoms with Gasteiger partial charge >= 0.3 is 0 Å². The van der Waals surface area contributed by atoms with Gasteiger partial charge in [0.25, 0.3) is 0 Å². The summed E-state index contributed by atoms with van der Waals surface area (Å²) in [7, 11) is -2.61. The first-order valence-electron chi connectivity index (χ1n) is 6.62. The molecule has 0 radical (unpaired) electrons. The molecule has 0 aliphatic heterocycles. The predicted molar refractivity (Wildman–Crippen MR) is 70.0 cm³/mol. The second kappa shape index (κ2) is 7.37. The molecule has 1 unspecified atom stereocenters. The molecular formula is C12H20ClNO3. The van der Waals surface area contributed by atoms with Gasteiger partial charge in [-0.2, -0.15) is 0 Å². The SMILES string of the molecule is Cl.[2H]C([2H])([2H])Oc1ccc(C(O)CNC(C)C)cc1O. The molecule has 5 heteroatoms. The highest BCUT2D eigenvalue weighted by Gasteiger charge is 2.10. The lowest BCUT2D eigenvalue weighted by Crippen LogP contribution is -2.27. The third-order valence-corrected chi connectivity index (χ3v) is 2.20. The van der Waals surface area contributed by atoms with Crippen molar-refractivity contribution in [1.82, 2.24) is 5.32 Å². The molecule has 0 bridgehead atoms. The number of aromatic hydroxyl groups is 1. The predicted octanol–water partition coefficient (Wildman–Crippen LogP) is 1.85. The van der Waals surface area contributed by atoms with Crippen molar-refractivity contribution < 1.29 is 19.1 Å². The summed E-state index contributed by atoms with van der Waals surface area (Å²) in [4.78, 5) is 0. The number of ether oxygens (including phenoxy) is 1. The molecule has 1 rings (SSSR count). The van der Waals surface area contributed by atoms with E-state index in [1.165, 1.54) is 18.2 Å². The molecule has 0 aromatic heterocycles. The summed E-state index contributed by atoms with van der Waals surface area (Å²) in [6, 6.07) is 4.39. The van der Waals surface area contributed by atoms with E-state index in [1.807, 2.05) is 13.8 Å². The van der Waals surface area contributed by atoms with Gasteiger partial charge in [0.2, 0.25) is 0 Å². The molecule has 0 saturated carbocycles. The molecule has 4 nitrogen and oxygen atoms in total. The number of benzene rings is 1. The van der Waals surface area contributed by atoms with Gasteiger partial charge in [-0.3, -0.25) is 0 Å². The van der Waals surface area contributed by atoms with E-state index in [2.05, 4.69) is 10.1 Å². The maximum atomic E-state index is 9.89. The molecule has 98 valence electrons. The van der Waals surface area contributed by atoms with Crippen LogP contribution < -0.4 is 10.1 Å². The van der Waals surface area contributed by atoms with Crippen LogP contribution in [0.1, 0.15) is 29.6 Å². The summed E-state index contributed by atoms with van der Waals surface area (Å²) in [5.74, 6) is -0.440. The van der Waals surface area contributed by atoms with Gasteiger partial charge in [0, 0.05) is 12.6 Å². The lowest BCUT2D eigenvalue weighted by atomic mass is 10.1. The second-order valence-corrected chi connectivity index (χ2v) is 3.91. The van der Waals surface area contributed by atoms with Crippen molar-refractivity contribution in [2.75, 3.05) is 13.6 Å². The minimum Gasteiger partial charge on any atom is -0.504 e. The third-order valence-electron chi connectivity index (χ3n) is 2.20. The van der Waals surface area contributed by atoms with Crippen LogP contribution in [0.5, 0.6) is 11.5 Å². The van der Waals surface area contributed by atoms with E-state index in [1.54, 1.807) is 0 Å². The lowest BCUT2D eigenvalue weighted by Gasteiger charge is -2.15. The molecule has 0 fully saturated rings. The zero-order valence-corrected chi connectivity index (χ0v) is 10.6. The maximum absolute atomic E-state index is 9.89. The Hall–Kier alpha value is -0.970. The monoisotopic (exact) mass is 264 g/mol. The summed E-state index contributed by atoms with van der Waals surface area (Å²) >= 11 is 0. The van der Waals surface area contributed by atoms with E-state index in [0.29, 0.717) is 12.1 Å². The van der Waals surface area contributed by atoms with Gasteiger partial charge in [0.15, 0.2) is 11.5 Å². The van der Waals surface area contributed by atoms with Crippen LogP contribution in [0, 0.1) is 0 Å². The van der Waals surface area contributed by atoms with Gasteiger partial charge in [-0.15, -0.1) is 12.4 Å². The maximum Gasteiger partial charge on any atom is 0.160 e. The van der Waals surface area contributed by atoms with Gasteiger partial charge in [-0.05, 0) is 17.7 Å². The molecule has 0 aliphatic carbocycles. The number of rotatable bonds is 5. The number of halogens is 1. The Balaban J connectivity index is 0.00000361. The molecule has 0 saturated heterocycles. The van der Waals surface area contributed by atoms with Crippen LogP contribution in [-0.2, 0) is 0 Å². The fraction of sp³-hybridized carbons (Fsp3) is 0.500. The van der Waals surface area contributed by atoms with Crippen LogP contribution in [0.4, 0.5) is 0 Å². The van der Waals surface area contributed by atoms with Crippen molar-refractivity contribution in [3.05, 3.63) is 23.8 Å². The van der Waals surface area contributed by atoms with E-state index >= 15 is 0 Å². The highest BCUT2D eigenvalue weighted by atomic mass is 35.5. The molecule has 3 N–H and O–H groups in total. The number of hydrogen-bond acceptors (Lipinski definition) is 4. The summed E-state index contributed by atoms with van der Waals surface area (Å²) in [6.07, 6.45) is -0.782. The zero-order valence-electron chi connectivity index (χ0n) is 12.8. The first-order valence-corrected chi connectivity index (χ1v) is 5.12.